The van der Waals surface area contributed by atoms with Crippen LogP contribution in [0, 0.1) is 5.25 Å². The molecule has 0 bridgehead atoms. The molecule has 0 aromatic rings. The first-order chi connectivity index (χ1) is 6.73. The van der Waals surface area contributed by atoms with Crippen molar-refractivity contribution in [3.8, 4) is 0 Å². The number of carbonyl (C=O) groups excluding carboxylic acids is 1. The van der Waals surface area contributed by atoms with E-state index in [9.17, 15) is 4.79 Å². The first kappa shape index (κ1) is 16.7. The summed E-state index contributed by atoms with van der Waals surface area (Å²) in [6.45, 7) is 14.2. The molecule has 0 aliphatic carbocycles. The van der Waals surface area contributed by atoms with Gasteiger partial charge in [0.15, 0.2) is 0 Å². The van der Waals surface area contributed by atoms with E-state index < -0.39 is 0 Å². The van der Waals surface area contributed by atoms with Crippen molar-refractivity contribution in [2.45, 2.75) is 51.8 Å². The smallest absolute Gasteiger partial charge is 0.238 e. The Kier molecular flexibility index (Phi) is 6.26. The third-order valence-electron chi connectivity index (χ3n) is 2.28. The number of carbonyl (C=O) groups is 1. The summed E-state index contributed by atoms with van der Waals surface area (Å²) < 4.78 is 0. The van der Waals surface area contributed by atoms with E-state index in [1.807, 2.05) is 39.5 Å². The number of nitrogens with zero attached hydrogens (tertiary/aromatic N) is 1. The second-order valence-corrected chi connectivity index (χ2v) is 6.75. The van der Waals surface area contributed by atoms with Gasteiger partial charge in [0.05, 0.1) is 5.25 Å². The first-order valence-electron chi connectivity index (χ1n) is 5.22. The van der Waals surface area contributed by atoms with Crippen molar-refractivity contribution in [2.75, 3.05) is 0 Å². The third kappa shape index (κ3) is 3.85. The summed E-state index contributed by atoms with van der Waals surface area (Å²) >= 11 is 1.66. The first-order valence-corrected chi connectivity index (χ1v) is 6.10. The van der Waals surface area contributed by atoms with Gasteiger partial charge in [-0.1, -0.05) is 6.58 Å². The van der Waals surface area contributed by atoms with Gasteiger partial charge in [0.2, 0.25) is 5.91 Å². The van der Waals surface area contributed by atoms with Crippen LogP contribution in [0.15, 0.2) is 12.3 Å². The van der Waals surface area contributed by atoms with Gasteiger partial charge in [-0.25, -0.2) is 0 Å². The molecule has 1 amide bonds. The Morgan fingerprint density at radius 2 is 1.94 bits per heavy atom. The standard InChI is InChI=1S/C12H20NOS.Y/c1-8(2)15-10-7-9(3)13(11(10)14)12(4,5)6;/h10H,3,7H2,1-2,4-6H3;/q-1;. The molecule has 0 aromatic carbocycles. The Balaban J connectivity index is 0.00000225. The van der Waals surface area contributed by atoms with E-state index in [2.05, 4.69) is 6.58 Å². The van der Waals surface area contributed by atoms with Gasteiger partial charge in [-0.05, 0) is 20.8 Å². The van der Waals surface area contributed by atoms with Crippen LogP contribution in [0.1, 0.15) is 41.0 Å². The van der Waals surface area contributed by atoms with Crippen LogP contribution in [0.25, 0.3) is 0 Å². The molecule has 1 atom stereocenters. The van der Waals surface area contributed by atoms with Crippen LogP contribution in [-0.4, -0.2) is 21.6 Å². The molecule has 1 saturated heterocycles. The van der Waals surface area contributed by atoms with E-state index in [1.165, 1.54) is 5.25 Å². The van der Waals surface area contributed by atoms with Crippen molar-refractivity contribution in [1.29, 1.82) is 0 Å². The zero-order valence-corrected chi connectivity index (χ0v) is 14.5. The fourth-order valence-electron chi connectivity index (χ4n) is 1.87. The van der Waals surface area contributed by atoms with Crippen LogP contribution in [-0.2, 0) is 37.5 Å². The minimum Gasteiger partial charge on any atom is -0.336 e. The van der Waals surface area contributed by atoms with Gasteiger partial charge < -0.3 is 16.7 Å². The quantitative estimate of drug-likeness (QED) is 0.729. The van der Waals surface area contributed by atoms with Crippen LogP contribution >= 0.6 is 11.8 Å². The molecule has 2 nitrogen and oxygen atoms in total. The zero-order chi connectivity index (χ0) is 11.8. The maximum atomic E-state index is 12.1. The third-order valence-corrected chi connectivity index (χ3v) is 3.41. The monoisotopic (exact) mass is 315 g/mol. The van der Waals surface area contributed by atoms with Crippen molar-refractivity contribution in [2.24, 2.45) is 0 Å². The number of hydrogen-bond acceptors (Lipinski definition) is 2. The molecule has 1 heterocycles. The average molecular weight is 315 g/mol. The van der Waals surface area contributed by atoms with E-state index in [0.29, 0.717) is 0 Å². The molecule has 4 heteroatoms. The van der Waals surface area contributed by atoms with Crippen molar-refractivity contribution in [1.82, 2.24) is 4.90 Å². The second-order valence-electron chi connectivity index (χ2n) is 5.13. The van der Waals surface area contributed by atoms with E-state index in [4.69, 9.17) is 0 Å². The summed E-state index contributed by atoms with van der Waals surface area (Å²) in [5.74, 6) is 0.207. The largest absolute Gasteiger partial charge is 0.336 e. The van der Waals surface area contributed by atoms with Gasteiger partial charge in [-0.2, -0.15) is 13.8 Å². The van der Waals surface area contributed by atoms with Gasteiger partial charge in [0.25, 0.3) is 0 Å². The minimum absolute atomic E-state index is 0. The summed E-state index contributed by atoms with van der Waals surface area (Å²) in [5, 5.41) is 1.28. The van der Waals surface area contributed by atoms with E-state index in [1.54, 1.807) is 11.8 Å². The van der Waals surface area contributed by atoms with Gasteiger partial charge in [-0.15, -0.1) is 0 Å². The summed E-state index contributed by atoms with van der Waals surface area (Å²) in [5.41, 5.74) is 0.803. The van der Waals surface area contributed by atoms with Gasteiger partial charge in [0, 0.05) is 50.4 Å². The predicted octanol–water partition coefficient (Wildman–Crippen LogP) is 3.20. The molecule has 1 unspecified atom stereocenters. The van der Waals surface area contributed by atoms with Crippen LogP contribution in [0.3, 0.4) is 0 Å². The molecule has 1 fully saturated rings. The van der Waals surface area contributed by atoms with Crippen LogP contribution < -0.4 is 0 Å². The molecule has 89 valence electrons. The maximum absolute atomic E-state index is 12.1. The Labute approximate surface area is 128 Å². The van der Waals surface area contributed by atoms with Gasteiger partial charge >= 0.3 is 0 Å². The molecule has 1 rings (SSSR count). The van der Waals surface area contributed by atoms with Crippen LogP contribution in [0.5, 0.6) is 0 Å². The normalized spacial score (nSPS) is 21.6. The number of rotatable bonds is 2. The minimum atomic E-state index is -0.148. The SMILES string of the molecule is C=C1CC(S[C-](C)C)C(=O)N1C(C)(C)C.[Y]. The Bertz CT molecular complexity index is 283. The predicted molar refractivity (Wildman–Crippen MR) is 66.3 cm³/mol. The summed E-state index contributed by atoms with van der Waals surface area (Å²) in [7, 11) is 0. The van der Waals surface area contributed by atoms with E-state index in [-0.39, 0.29) is 49.4 Å². The molecule has 16 heavy (non-hydrogen) atoms. The number of amides is 1. The number of allylic oxidation sites excluding steroid dienone is 1. The van der Waals surface area contributed by atoms with Crippen molar-refractivity contribution in [3.63, 3.8) is 0 Å². The molecule has 0 aromatic heterocycles. The molecule has 0 saturated carbocycles. The van der Waals surface area contributed by atoms with Crippen molar-refractivity contribution in [3.05, 3.63) is 17.5 Å². The Morgan fingerprint density at radius 1 is 1.44 bits per heavy atom. The van der Waals surface area contributed by atoms with Gasteiger partial charge in [-0.3, -0.25) is 10.0 Å². The Morgan fingerprint density at radius 3 is 2.25 bits per heavy atom. The average Bonchev–Trinajstić information content (AvgIpc) is 2.23. The number of thioether (sulfide) groups is 1. The molecule has 1 aliphatic heterocycles. The topological polar surface area (TPSA) is 20.3 Å². The molecule has 0 N–H and O–H groups in total. The molecular formula is C12H20NOSY-. The molecular weight excluding hydrogens is 295 g/mol. The summed E-state index contributed by atoms with van der Waals surface area (Å²) in [4.78, 5) is 14.0. The molecule has 0 spiro atoms. The molecule has 1 radical (unpaired) electrons. The summed E-state index contributed by atoms with van der Waals surface area (Å²) in [6, 6.07) is 0. The van der Waals surface area contributed by atoms with Crippen LogP contribution in [0.4, 0.5) is 0 Å². The number of hydrogen-bond donors (Lipinski definition) is 0. The Hall–Kier alpha value is 0.664. The van der Waals surface area contributed by atoms with E-state index in [0.717, 1.165) is 12.1 Å². The maximum Gasteiger partial charge on any atom is 0.238 e. The van der Waals surface area contributed by atoms with Crippen molar-refractivity contribution >= 4 is 17.7 Å². The number of likely N-dealkylation sites (tertiary alicyclic amines) is 1. The van der Waals surface area contributed by atoms with Crippen molar-refractivity contribution < 1.29 is 37.5 Å². The zero-order valence-electron chi connectivity index (χ0n) is 10.8. The van der Waals surface area contributed by atoms with Gasteiger partial charge in [0.1, 0.15) is 0 Å². The fraction of sp³-hybridized carbons (Fsp3) is 0.667. The fourth-order valence-corrected chi connectivity index (χ4v) is 2.92. The van der Waals surface area contributed by atoms with Crippen LogP contribution in [0.2, 0.25) is 0 Å². The van der Waals surface area contributed by atoms with E-state index >= 15 is 0 Å². The second kappa shape index (κ2) is 6.01. The summed E-state index contributed by atoms with van der Waals surface area (Å²) in [6.07, 6.45) is 0.784. The molecule has 1 aliphatic rings.